The Morgan fingerprint density at radius 3 is 3.00 bits per heavy atom. The summed E-state index contributed by atoms with van der Waals surface area (Å²) in [5, 5.41) is 3.02. The van der Waals surface area contributed by atoms with Crippen LogP contribution in [0.5, 0.6) is 0 Å². The first-order valence-electron chi connectivity index (χ1n) is 7.22. The summed E-state index contributed by atoms with van der Waals surface area (Å²) in [4.78, 5) is 14.5. The molecule has 0 bridgehead atoms. The maximum absolute atomic E-state index is 12.3. The monoisotopic (exact) mass is 315 g/mol. The molecule has 1 unspecified atom stereocenters. The molecule has 1 aliphatic carbocycles. The molecule has 0 saturated heterocycles. The highest BCUT2D eigenvalue weighted by Gasteiger charge is 2.18. The van der Waals surface area contributed by atoms with Crippen molar-refractivity contribution in [2.45, 2.75) is 44.6 Å². The van der Waals surface area contributed by atoms with Crippen LogP contribution in [-0.4, -0.2) is 31.5 Å². The molecule has 1 aromatic heterocycles. The molecule has 0 aromatic carbocycles. The Hall–Kier alpha value is -0.580. The first-order valence-corrected chi connectivity index (χ1v) is 8.57. The van der Waals surface area contributed by atoms with E-state index in [1.54, 1.807) is 18.4 Å². The van der Waals surface area contributed by atoms with Gasteiger partial charge in [-0.3, -0.25) is 4.79 Å². The average molecular weight is 316 g/mol. The van der Waals surface area contributed by atoms with Crippen LogP contribution in [0.25, 0.3) is 0 Å². The number of carbonyl (C=O) groups is 1. The van der Waals surface area contributed by atoms with Gasteiger partial charge in [-0.25, -0.2) is 0 Å². The summed E-state index contributed by atoms with van der Waals surface area (Å²) in [6.45, 7) is 0.504. The number of methoxy groups -OCH3 is 1. The van der Waals surface area contributed by atoms with E-state index in [1.807, 2.05) is 0 Å². The van der Waals surface area contributed by atoms with Gasteiger partial charge in [-0.05, 0) is 43.7 Å². The van der Waals surface area contributed by atoms with E-state index in [1.165, 1.54) is 29.7 Å². The van der Waals surface area contributed by atoms with Gasteiger partial charge >= 0.3 is 0 Å². The lowest BCUT2D eigenvalue weighted by molar-refractivity contribution is 0.0899. The third kappa shape index (κ3) is 4.21. The van der Waals surface area contributed by atoms with Gasteiger partial charge in [-0.2, -0.15) is 0 Å². The lowest BCUT2D eigenvalue weighted by atomic mass is 10.1. The Morgan fingerprint density at radius 2 is 2.25 bits per heavy atom. The second kappa shape index (κ2) is 8.01. The molecule has 20 heavy (non-hydrogen) atoms. The normalized spacial score (nSPS) is 16.3. The number of amides is 1. The van der Waals surface area contributed by atoms with Crippen molar-refractivity contribution in [3.05, 3.63) is 21.4 Å². The molecule has 0 radical (unpaired) electrons. The van der Waals surface area contributed by atoms with Crippen LogP contribution < -0.4 is 5.32 Å². The van der Waals surface area contributed by atoms with Gasteiger partial charge in [0, 0.05) is 17.9 Å². The van der Waals surface area contributed by atoms with Crippen molar-refractivity contribution in [3.8, 4) is 0 Å². The minimum Gasteiger partial charge on any atom is -0.383 e. The first-order chi connectivity index (χ1) is 9.74. The summed E-state index contributed by atoms with van der Waals surface area (Å²) in [5.41, 5.74) is 1.37. The Kier molecular flexibility index (Phi) is 6.33. The second-order valence-electron chi connectivity index (χ2n) is 5.22. The lowest BCUT2D eigenvalue weighted by Crippen LogP contribution is -2.38. The number of thiophene rings is 1. The van der Waals surface area contributed by atoms with Crippen LogP contribution in [0.2, 0.25) is 0 Å². The van der Waals surface area contributed by atoms with Crippen molar-refractivity contribution in [1.82, 2.24) is 5.32 Å². The molecule has 1 aromatic rings. The molecule has 1 heterocycles. The van der Waals surface area contributed by atoms with Gasteiger partial charge < -0.3 is 10.1 Å². The number of hydrogen-bond acceptors (Lipinski definition) is 3. The van der Waals surface area contributed by atoms with Crippen molar-refractivity contribution in [2.24, 2.45) is 0 Å². The van der Waals surface area contributed by atoms with Crippen molar-refractivity contribution >= 4 is 28.8 Å². The highest BCUT2D eigenvalue weighted by molar-refractivity contribution is 7.14. The molecule has 1 N–H and O–H groups in total. The fourth-order valence-corrected chi connectivity index (χ4v) is 3.99. The largest absolute Gasteiger partial charge is 0.383 e. The molecule has 0 saturated carbocycles. The van der Waals surface area contributed by atoms with Crippen molar-refractivity contribution in [3.63, 3.8) is 0 Å². The molecule has 0 aliphatic heterocycles. The van der Waals surface area contributed by atoms with Crippen LogP contribution in [-0.2, 0) is 17.6 Å². The van der Waals surface area contributed by atoms with Gasteiger partial charge in [0.1, 0.15) is 0 Å². The Morgan fingerprint density at radius 1 is 1.45 bits per heavy atom. The standard InChI is InChI=1S/C15H22ClNO2S/c1-19-10-12(7-8-16)17-15(18)14-9-11-5-3-2-4-6-13(11)20-14/h9,12H,2-8,10H2,1H3,(H,17,18). The summed E-state index contributed by atoms with van der Waals surface area (Å²) < 4.78 is 5.12. The molecular formula is C15H22ClNO2S. The molecule has 1 amide bonds. The third-order valence-corrected chi connectivity index (χ3v) is 5.09. The van der Waals surface area contributed by atoms with Crippen LogP contribution >= 0.6 is 22.9 Å². The molecule has 112 valence electrons. The number of rotatable bonds is 6. The van der Waals surface area contributed by atoms with E-state index in [0.717, 1.165) is 24.1 Å². The quantitative estimate of drug-likeness (QED) is 0.645. The first kappa shape index (κ1) is 15.8. The molecular weight excluding hydrogens is 294 g/mol. The molecule has 2 rings (SSSR count). The minimum absolute atomic E-state index is 0.00749. The highest BCUT2D eigenvalue weighted by Crippen LogP contribution is 2.29. The average Bonchev–Trinajstić information content (AvgIpc) is 2.71. The molecule has 1 aliphatic rings. The van der Waals surface area contributed by atoms with Crippen LogP contribution in [0, 0.1) is 0 Å². The minimum atomic E-state index is -0.00749. The Bertz CT molecular complexity index is 418. The highest BCUT2D eigenvalue weighted by atomic mass is 35.5. The van der Waals surface area contributed by atoms with Gasteiger partial charge in [0.25, 0.3) is 5.91 Å². The predicted molar refractivity (Wildman–Crippen MR) is 84.0 cm³/mol. The van der Waals surface area contributed by atoms with E-state index in [2.05, 4.69) is 11.4 Å². The molecule has 0 spiro atoms. The maximum Gasteiger partial charge on any atom is 0.261 e. The number of alkyl halides is 1. The second-order valence-corrected chi connectivity index (χ2v) is 6.74. The fraction of sp³-hybridized carbons (Fsp3) is 0.667. The molecule has 0 fully saturated rings. The van der Waals surface area contributed by atoms with E-state index in [-0.39, 0.29) is 11.9 Å². The van der Waals surface area contributed by atoms with E-state index in [4.69, 9.17) is 16.3 Å². The number of halogens is 1. The fourth-order valence-electron chi connectivity index (χ4n) is 2.57. The summed E-state index contributed by atoms with van der Waals surface area (Å²) in [5.74, 6) is 0.533. The van der Waals surface area contributed by atoms with Crippen molar-refractivity contribution < 1.29 is 9.53 Å². The molecule has 1 atom stereocenters. The predicted octanol–water partition coefficient (Wildman–Crippen LogP) is 3.39. The van der Waals surface area contributed by atoms with Gasteiger partial charge in [-0.15, -0.1) is 22.9 Å². The van der Waals surface area contributed by atoms with Crippen LogP contribution in [0.15, 0.2) is 6.07 Å². The zero-order valence-electron chi connectivity index (χ0n) is 11.9. The zero-order chi connectivity index (χ0) is 14.4. The summed E-state index contributed by atoms with van der Waals surface area (Å²) in [7, 11) is 1.64. The summed E-state index contributed by atoms with van der Waals surface area (Å²) in [6.07, 6.45) is 6.75. The molecule has 5 heteroatoms. The SMILES string of the molecule is COCC(CCCl)NC(=O)c1cc2c(s1)CCCCC2. The third-order valence-electron chi connectivity index (χ3n) is 3.63. The topological polar surface area (TPSA) is 38.3 Å². The molecule has 3 nitrogen and oxygen atoms in total. The van der Waals surface area contributed by atoms with Gasteiger partial charge in [0.05, 0.1) is 17.5 Å². The van der Waals surface area contributed by atoms with Crippen LogP contribution in [0.4, 0.5) is 0 Å². The van der Waals surface area contributed by atoms with Crippen molar-refractivity contribution in [2.75, 3.05) is 19.6 Å². The lowest BCUT2D eigenvalue weighted by Gasteiger charge is -2.16. The summed E-state index contributed by atoms with van der Waals surface area (Å²) in [6, 6.07) is 2.07. The summed E-state index contributed by atoms with van der Waals surface area (Å²) >= 11 is 7.41. The van der Waals surface area contributed by atoms with Gasteiger partial charge in [-0.1, -0.05) is 6.42 Å². The van der Waals surface area contributed by atoms with Crippen LogP contribution in [0.3, 0.4) is 0 Å². The van der Waals surface area contributed by atoms with Gasteiger partial charge in [0.15, 0.2) is 0 Å². The number of aryl methyl sites for hydroxylation is 2. The number of nitrogens with one attached hydrogen (secondary N) is 1. The van der Waals surface area contributed by atoms with E-state index >= 15 is 0 Å². The van der Waals surface area contributed by atoms with Crippen molar-refractivity contribution in [1.29, 1.82) is 0 Å². The number of carbonyl (C=O) groups excluding carboxylic acids is 1. The van der Waals surface area contributed by atoms with Gasteiger partial charge in [0.2, 0.25) is 0 Å². The number of hydrogen-bond donors (Lipinski definition) is 1. The smallest absolute Gasteiger partial charge is 0.261 e. The zero-order valence-corrected chi connectivity index (χ0v) is 13.5. The number of ether oxygens (including phenoxy) is 1. The Labute approximate surface area is 129 Å². The Balaban J connectivity index is 2.01. The number of fused-ring (bicyclic) bond motifs is 1. The van der Waals surface area contributed by atoms with E-state index in [0.29, 0.717) is 12.5 Å². The van der Waals surface area contributed by atoms with E-state index in [9.17, 15) is 4.79 Å². The van der Waals surface area contributed by atoms with Crippen LogP contribution in [0.1, 0.15) is 45.8 Å². The maximum atomic E-state index is 12.3. The van der Waals surface area contributed by atoms with E-state index < -0.39 is 0 Å².